The quantitative estimate of drug-likeness (QED) is 0.907. The molecule has 2 unspecified atom stereocenters. The summed E-state index contributed by atoms with van der Waals surface area (Å²) in [4.78, 5) is 19.7. The average Bonchev–Trinajstić information content (AvgIpc) is 2.34. The van der Waals surface area contributed by atoms with E-state index in [1.165, 1.54) is 12.4 Å². The van der Waals surface area contributed by atoms with Crippen LogP contribution < -0.4 is 5.32 Å². The number of hydrogen-bond donors (Lipinski definition) is 1. The first-order valence-electron chi connectivity index (χ1n) is 5.76. The molecule has 1 aromatic heterocycles. The summed E-state index contributed by atoms with van der Waals surface area (Å²) in [6.07, 6.45) is 3.73. The molecule has 1 amide bonds. The van der Waals surface area contributed by atoms with Crippen LogP contribution >= 0.6 is 11.6 Å². The molecule has 1 aliphatic rings. The average molecular weight is 270 g/mol. The number of halogens is 1. The summed E-state index contributed by atoms with van der Waals surface area (Å²) in [5, 5.41) is 3.22. The maximum absolute atomic E-state index is 11.9. The Kier molecular flexibility index (Phi) is 3.54. The third-order valence-electron chi connectivity index (χ3n) is 3.62. The van der Waals surface area contributed by atoms with Gasteiger partial charge in [-0.1, -0.05) is 25.4 Å². The standard InChI is InChI=1S/C12H16ClN3O2/c1-12(2)8(4-9(12)18-3)16-11(17)7-5-15-10(13)6-14-7/h5-6,8-9H,4H2,1-3H3,(H,16,17). The molecule has 18 heavy (non-hydrogen) atoms. The van der Waals surface area contributed by atoms with Gasteiger partial charge in [0, 0.05) is 18.6 Å². The molecule has 6 heteroatoms. The maximum atomic E-state index is 11.9. The van der Waals surface area contributed by atoms with Crippen LogP contribution in [0.3, 0.4) is 0 Å². The van der Waals surface area contributed by atoms with Crippen molar-refractivity contribution in [2.24, 2.45) is 5.41 Å². The Morgan fingerprint density at radius 2 is 2.22 bits per heavy atom. The van der Waals surface area contributed by atoms with Crippen molar-refractivity contribution in [3.8, 4) is 0 Å². The van der Waals surface area contributed by atoms with Gasteiger partial charge in [0.25, 0.3) is 5.91 Å². The Balaban J connectivity index is 1.99. The summed E-state index contributed by atoms with van der Waals surface area (Å²) in [6, 6.07) is 0.0902. The zero-order valence-corrected chi connectivity index (χ0v) is 11.4. The van der Waals surface area contributed by atoms with Crippen molar-refractivity contribution < 1.29 is 9.53 Å². The second kappa shape index (κ2) is 4.82. The molecule has 1 aliphatic carbocycles. The van der Waals surface area contributed by atoms with Crippen LogP contribution in [0.2, 0.25) is 5.15 Å². The molecular formula is C12H16ClN3O2. The molecule has 98 valence electrons. The lowest BCUT2D eigenvalue weighted by molar-refractivity contribution is -0.0942. The highest BCUT2D eigenvalue weighted by Gasteiger charge is 2.49. The van der Waals surface area contributed by atoms with Gasteiger partial charge in [0.05, 0.1) is 18.5 Å². The van der Waals surface area contributed by atoms with E-state index in [1.807, 2.05) is 0 Å². The van der Waals surface area contributed by atoms with E-state index in [9.17, 15) is 4.79 Å². The molecule has 1 saturated carbocycles. The fourth-order valence-corrected chi connectivity index (χ4v) is 2.29. The molecule has 1 heterocycles. The highest BCUT2D eigenvalue weighted by atomic mass is 35.5. The Bertz CT molecular complexity index is 447. The van der Waals surface area contributed by atoms with Gasteiger partial charge < -0.3 is 10.1 Å². The third-order valence-corrected chi connectivity index (χ3v) is 3.82. The van der Waals surface area contributed by atoms with Crippen LogP contribution in [0.25, 0.3) is 0 Å². The largest absolute Gasteiger partial charge is 0.381 e. The van der Waals surface area contributed by atoms with Crippen LogP contribution in [0, 0.1) is 5.41 Å². The molecule has 0 saturated heterocycles. The summed E-state index contributed by atoms with van der Waals surface area (Å²) in [5.74, 6) is -0.230. The van der Waals surface area contributed by atoms with Gasteiger partial charge in [-0.15, -0.1) is 0 Å². The van der Waals surface area contributed by atoms with Gasteiger partial charge in [0.2, 0.25) is 0 Å². The number of amides is 1. The lowest BCUT2D eigenvalue weighted by atomic mass is 9.64. The van der Waals surface area contributed by atoms with E-state index in [2.05, 4.69) is 29.1 Å². The molecule has 5 nitrogen and oxygen atoms in total. The van der Waals surface area contributed by atoms with Crippen LogP contribution in [0.15, 0.2) is 12.4 Å². The van der Waals surface area contributed by atoms with Gasteiger partial charge in [-0.25, -0.2) is 9.97 Å². The van der Waals surface area contributed by atoms with E-state index in [1.54, 1.807) is 7.11 Å². The van der Waals surface area contributed by atoms with Crippen LogP contribution in [0.5, 0.6) is 0 Å². The molecule has 2 rings (SSSR count). The fraction of sp³-hybridized carbons (Fsp3) is 0.583. The summed E-state index contributed by atoms with van der Waals surface area (Å²) < 4.78 is 5.34. The van der Waals surface area contributed by atoms with Crippen LogP contribution in [0.1, 0.15) is 30.8 Å². The Morgan fingerprint density at radius 1 is 1.50 bits per heavy atom. The minimum Gasteiger partial charge on any atom is -0.381 e. The monoisotopic (exact) mass is 269 g/mol. The van der Waals surface area contributed by atoms with Crippen LogP contribution in [-0.4, -0.2) is 35.1 Å². The number of methoxy groups -OCH3 is 1. The molecule has 0 spiro atoms. The van der Waals surface area contributed by atoms with E-state index in [4.69, 9.17) is 16.3 Å². The molecular weight excluding hydrogens is 254 g/mol. The molecule has 0 aromatic carbocycles. The number of nitrogens with zero attached hydrogens (tertiary/aromatic N) is 2. The van der Waals surface area contributed by atoms with Crippen molar-refractivity contribution in [3.05, 3.63) is 23.2 Å². The van der Waals surface area contributed by atoms with Gasteiger partial charge in [0.15, 0.2) is 0 Å². The molecule has 0 radical (unpaired) electrons. The Labute approximate surface area is 111 Å². The zero-order valence-electron chi connectivity index (χ0n) is 10.6. The van der Waals surface area contributed by atoms with E-state index in [0.29, 0.717) is 0 Å². The van der Waals surface area contributed by atoms with E-state index in [-0.39, 0.29) is 34.3 Å². The van der Waals surface area contributed by atoms with E-state index in [0.717, 1.165) is 6.42 Å². The minimum atomic E-state index is -0.230. The summed E-state index contributed by atoms with van der Waals surface area (Å²) in [7, 11) is 1.69. The summed E-state index contributed by atoms with van der Waals surface area (Å²) in [5.41, 5.74) is 0.209. The second-order valence-corrected chi connectivity index (χ2v) is 5.42. The van der Waals surface area contributed by atoms with Crippen molar-refractivity contribution in [1.29, 1.82) is 0 Å². The van der Waals surface area contributed by atoms with Crippen LogP contribution in [-0.2, 0) is 4.74 Å². The molecule has 0 aliphatic heterocycles. The number of aromatic nitrogens is 2. The first kappa shape index (κ1) is 13.2. The van der Waals surface area contributed by atoms with Crippen molar-refractivity contribution in [1.82, 2.24) is 15.3 Å². The Hall–Kier alpha value is -1.20. The van der Waals surface area contributed by atoms with Crippen molar-refractivity contribution >= 4 is 17.5 Å². The van der Waals surface area contributed by atoms with Crippen LogP contribution in [0.4, 0.5) is 0 Å². The van der Waals surface area contributed by atoms with E-state index >= 15 is 0 Å². The fourth-order valence-electron chi connectivity index (χ4n) is 2.19. The topological polar surface area (TPSA) is 64.1 Å². The molecule has 1 fully saturated rings. The molecule has 2 atom stereocenters. The van der Waals surface area contributed by atoms with Crippen molar-refractivity contribution in [3.63, 3.8) is 0 Å². The lowest BCUT2D eigenvalue weighted by Crippen LogP contribution is -2.61. The Morgan fingerprint density at radius 3 is 2.72 bits per heavy atom. The number of rotatable bonds is 3. The van der Waals surface area contributed by atoms with Gasteiger partial charge in [-0.2, -0.15) is 0 Å². The van der Waals surface area contributed by atoms with Gasteiger partial charge in [0.1, 0.15) is 10.8 Å². The molecule has 1 N–H and O–H groups in total. The van der Waals surface area contributed by atoms with Crippen molar-refractivity contribution in [2.75, 3.05) is 7.11 Å². The maximum Gasteiger partial charge on any atom is 0.271 e. The van der Waals surface area contributed by atoms with Gasteiger partial charge in [-0.3, -0.25) is 4.79 Å². The summed E-state index contributed by atoms with van der Waals surface area (Å²) in [6.45, 7) is 4.15. The van der Waals surface area contributed by atoms with Crippen molar-refractivity contribution in [2.45, 2.75) is 32.4 Å². The highest BCUT2D eigenvalue weighted by molar-refractivity contribution is 6.29. The number of ether oxygens (including phenoxy) is 1. The normalized spacial score (nSPS) is 25.3. The summed E-state index contributed by atoms with van der Waals surface area (Å²) >= 11 is 5.62. The third kappa shape index (κ3) is 2.33. The van der Waals surface area contributed by atoms with E-state index < -0.39 is 0 Å². The first-order chi connectivity index (χ1) is 8.45. The number of carbonyl (C=O) groups is 1. The predicted molar refractivity (Wildman–Crippen MR) is 67.5 cm³/mol. The minimum absolute atomic E-state index is 0.0652. The second-order valence-electron chi connectivity index (χ2n) is 5.03. The van der Waals surface area contributed by atoms with Gasteiger partial charge in [-0.05, 0) is 6.42 Å². The molecule has 0 bridgehead atoms. The predicted octanol–water partition coefficient (Wildman–Crippen LogP) is 1.67. The smallest absolute Gasteiger partial charge is 0.271 e. The SMILES string of the molecule is COC1CC(NC(=O)c2cnc(Cl)cn2)C1(C)C. The number of nitrogens with one attached hydrogen (secondary N) is 1. The first-order valence-corrected chi connectivity index (χ1v) is 6.14. The zero-order chi connectivity index (χ0) is 13.3. The number of carbonyl (C=O) groups excluding carboxylic acids is 1. The number of hydrogen-bond acceptors (Lipinski definition) is 4. The van der Waals surface area contributed by atoms with Gasteiger partial charge >= 0.3 is 0 Å². The lowest BCUT2D eigenvalue weighted by Gasteiger charge is -2.51. The highest BCUT2D eigenvalue weighted by Crippen LogP contribution is 2.42. The molecule has 1 aromatic rings.